The fourth-order valence-corrected chi connectivity index (χ4v) is 2.33. The van der Waals surface area contributed by atoms with E-state index in [1.165, 1.54) is 6.08 Å². The van der Waals surface area contributed by atoms with Crippen LogP contribution in [0, 0.1) is 0 Å². The summed E-state index contributed by atoms with van der Waals surface area (Å²) in [6.07, 6.45) is -3.29. The molecule has 1 aromatic rings. The first-order valence-electron chi connectivity index (χ1n) is 6.53. The molecule has 7 heteroatoms. The van der Waals surface area contributed by atoms with Crippen LogP contribution >= 0.6 is 0 Å². The second kappa shape index (κ2) is 6.71. The maximum absolute atomic E-state index is 9.99. The number of ether oxygens (including phenoxy) is 1. The van der Waals surface area contributed by atoms with E-state index in [0.29, 0.717) is 12.1 Å². The minimum Gasteiger partial charge on any atom is -0.388 e. The van der Waals surface area contributed by atoms with Crippen molar-refractivity contribution in [1.29, 1.82) is 0 Å². The van der Waals surface area contributed by atoms with Crippen molar-refractivity contribution in [2.45, 2.75) is 36.9 Å². The molecule has 112 valence electrons. The lowest BCUT2D eigenvalue weighted by Gasteiger charge is -2.39. The lowest BCUT2D eigenvalue weighted by molar-refractivity contribution is -0.208. The highest BCUT2D eigenvalue weighted by molar-refractivity contribution is 5.38. The van der Waals surface area contributed by atoms with Crippen LogP contribution in [-0.2, 0) is 11.2 Å². The van der Waals surface area contributed by atoms with Gasteiger partial charge in [-0.05, 0) is 11.1 Å². The molecule has 21 heavy (non-hydrogen) atoms. The highest BCUT2D eigenvalue weighted by Crippen LogP contribution is 2.25. The molecule has 0 unspecified atom stereocenters. The van der Waals surface area contributed by atoms with Gasteiger partial charge in [0.15, 0.2) is 0 Å². The van der Waals surface area contributed by atoms with E-state index in [4.69, 9.17) is 10.3 Å². The fourth-order valence-electron chi connectivity index (χ4n) is 2.33. The van der Waals surface area contributed by atoms with Gasteiger partial charge in [0.05, 0.1) is 6.10 Å². The first-order valence-corrected chi connectivity index (χ1v) is 6.53. The number of aliphatic hydroxyl groups is 3. The number of aliphatic hydroxyl groups excluding tert-OH is 3. The topological polar surface area (TPSA) is 119 Å². The maximum atomic E-state index is 9.99. The van der Waals surface area contributed by atoms with E-state index in [-0.39, 0.29) is 0 Å². The van der Waals surface area contributed by atoms with Gasteiger partial charge in [0.2, 0.25) is 0 Å². The molecule has 1 aliphatic heterocycles. The van der Waals surface area contributed by atoms with Crippen molar-refractivity contribution in [1.82, 2.24) is 0 Å². The Labute approximate surface area is 121 Å². The highest BCUT2D eigenvalue weighted by Gasteiger charge is 2.42. The molecule has 0 aliphatic carbocycles. The van der Waals surface area contributed by atoms with Gasteiger partial charge in [-0.3, -0.25) is 0 Å². The number of hydrogen-bond donors (Lipinski definition) is 3. The van der Waals surface area contributed by atoms with Gasteiger partial charge in [-0.2, -0.15) is 0 Å². The summed E-state index contributed by atoms with van der Waals surface area (Å²) in [5.41, 5.74) is 9.68. The summed E-state index contributed by atoms with van der Waals surface area (Å²) < 4.78 is 5.55. The lowest BCUT2D eigenvalue weighted by atomic mass is 9.91. The lowest BCUT2D eigenvalue weighted by Crippen LogP contribution is -2.57. The molecule has 0 radical (unpaired) electrons. The summed E-state index contributed by atoms with van der Waals surface area (Å²) in [5.74, 6) is 0. The average Bonchev–Trinajstić information content (AvgIpc) is 2.50. The number of rotatable bonds is 4. The third-order valence-corrected chi connectivity index (χ3v) is 3.51. The molecule has 0 saturated carbocycles. The van der Waals surface area contributed by atoms with Gasteiger partial charge in [0, 0.05) is 17.0 Å². The zero-order chi connectivity index (χ0) is 15.4. The zero-order valence-electron chi connectivity index (χ0n) is 11.3. The predicted octanol–water partition coefficient (Wildman–Crippen LogP) is 1.21. The number of benzene rings is 1. The van der Waals surface area contributed by atoms with Gasteiger partial charge in [0.1, 0.15) is 24.4 Å². The van der Waals surface area contributed by atoms with Crippen LogP contribution in [-0.4, -0.2) is 45.8 Å². The Morgan fingerprint density at radius 2 is 1.86 bits per heavy atom. The van der Waals surface area contributed by atoms with Crippen molar-refractivity contribution in [3.63, 3.8) is 0 Å². The van der Waals surface area contributed by atoms with Gasteiger partial charge in [-0.1, -0.05) is 35.5 Å². The van der Waals surface area contributed by atoms with E-state index in [9.17, 15) is 15.3 Å². The molecule has 1 fully saturated rings. The summed E-state index contributed by atoms with van der Waals surface area (Å²) in [6, 6.07) is 6.81. The number of azide groups is 1. The Morgan fingerprint density at radius 3 is 2.43 bits per heavy atom. The Morgan fingerprint density at radius 1 is 1.19 bits per heavy atom. The quantitative estimate of drug-likeness (QED) is 0.334. The average molecular weight is 291 g/mol. The molecular formula is C14H17N3O4. The Balaban J connectivity index is 2.10. The van der Waals surface area contributed by atoms with Crippen molar-refractivity contribution in [2.24, 2.45) is 5.11 Å². The van der Waals surface area contributed by atoms with Crippen LogP contribution in [0.25, 0.3) is 10.4 Å². The molecule has 2 rings (SSSR count). The monoisotopic (exact) mass is 291 g/mol. The molecule has 1 heterocycles. The Bertz CT molecular complexity index is 542. The molecule has 0 bridgehead atoms. The van der Waals surface area contributed by atoms with Crippen LogP contribution in [0.5, 0.6) is 0 Å². The van der Waals surface area contributed by atoms with Crippen LogP contribution < -0.4 is 0 Å². The van der Waals surface area contributed by atoms with Crippen LogP contribution in [0.4, 0.5) is 5.69 Å². The summed E-state index contributed by atoms with van der Waals surface area (Å²) in [6.45, 7) is 3.54. The minimum absolute atomic E-state index is 0.353. The molecule has 1 aromatic carbocycles. The summed E-state index contributed by atoms with van der Waals surface area (Å²) in [4.78, 5) is 2.69. The molecular weight excluding hydrogens is 274 g/mol. The largest absolute Gasteiger partial charge is 0.388 e. The van der Waals surface area contributed by atoms with Crippen LogP contribution in [0.15, 0.2) is 42.0 Å². The third-order valence-electron chi connectivity index (χ3n) is 3.51. The van der Waals surface area contributed by atoms with Crippen LogP contribution in [0.3, 0.4) is 0 Å². The van der Waals surface area contributed by atoms with Gasteiger partial charge >= 0.3 is 0 Å². The van der Waals surface area contributed by atoms with Crippen molar-refractivity contribution < 1.29 is 20.1 Å². The fraction of sp³-hybridized carbons (Fsp3) is 0.429. The normalized spacial score (nSPS) is 32.2. The Hall–Kier alpha value is -1.89. The second-order valence-electron chi connectivity index (χ2n) is 4.91. The van der Waals surface area contributed by atoms with E-state index in [0.717, 1.165) is 5.56 Å². The molecule has 0 aromatic heterocycles. The molecule has 1 saturated heterocycles. The third kappa shape index (κ3) is 3.41. The number of nitrogens with zero attached hydrogens (tertiary/aromatic N) is 3. The van der Waals surface area contributed by atoms with E-state index in [2.05, 4.69) is 16.6 Å². The predicted molar refractivity (Wildman–Crippen MR) is 75.8 cm³/mol. The summed E-state index contributed by atoms with van der Waals surface area (Å²) in [5, 5.41) is 33.0. The first-order chi connectivity index (χ1) is 10.1. The van der Waals surface area contributed by atoms with Crippen molar-refractivity contribution in [3.8, 4) is 0 Å². The van der Waals surface area contributed by atoms with Crippen molar-refractivity contribution in [2.75, 3.05) is 0 Å². The van der Waals surface area contributed by atoms with E-state index >= 15 is 0 Å². The SMILES string of the molecule is C=C[C@H]1O[C@H](Cc2ccc(N=[N+]=[N-])cc2)[C@@H](O)[C@@H](O)[C@@H]1O. The minimum atomic E-state index is -1.28. The molecule has 5 atom stereocenters. The van der Waals surface area contributed by atoms with Crippen LogP contribution in [0.1, 0.15) is 5.56 Å². The molecule has 0 spiro atoms. The van der Waals surface area contributed by atoms with Gasteiger partial charge < -0.3 is 20.1 Å². The van der Waals surface area contributed by atoms with E-state index in [1.807, 2.05) is 0 Å². The summed E-state index contributed by atoms with van der Waals surface area (Å²) >= 11 is 0. The maximum Gasteiger partial charge on any atom is 0.112 e. The van der Waals surface area contributed by atoms with Crippen molar-refractivity contribution in [3.05, 3.63) is 52.9 Å². The molecule has 3 N–H and O–H groups in total. The van der Waals surface area contributed by atoms with Gasteiger partial charge in [-0.15, -0.1) is 6.58 Å². The molecule has 1 aliphatic rings. The van der Waals surface area contributed by atoms with Crippen molar-refractivity contribution >= 4 is 5.69 Å². The van der Waals surface area contributed by atoms with Gasteiger partial charge in [-0.25, -0.2) is 0 Å². The van der Waals surface area contributed by atoms with E-state index < -0.39 is 30.5 Å². The highest BCUT2D eigenvalue weighted by atomic mass is 16.5. The molecule has 0 amide bonds. The second-order valence-corrected chi connectivity index (χ2v) is 4.91. The first kappa shape index (κ1) is 15.5. The molecule has 7 nitrogen and oxygen atoms in total. The zero-order valence-corrected chi connectivity index (χ0v) is 11.3. The van der Waals surface area contributed by atoms with E-state index in [1.54, 1.807) is 24.3 Å². The van der Waals surface area contributed by atoms with Crippen LogP contribution in [0.2, 0.25) is 0 Å². The number of hydrogen-bond acceptors (Lipinski definition) is 5. The summed E-state index contributed by atoms with van der Waals surface area (Å²) in [7, 11) is 0. The Kier molecular flexibility index (Phi) is 4.95. The standard InChI is InChI=1S/C14H17N3O4/c1-2-10-12(18)14(20)13(19)11(21-10)7-8-3-5-9(6-4-8)16-17-15/h2-6,10-14,18-20H,1,7H2/t10-,11-,12-,13-,14+/m1/s1. The smallest absolute Gasteiger partial charge is 0.112 e. The van der Waals surface area contributed by atoms with Gasteiger partial charge in [0.25, 0.3) is 0 Å².